The molecule has 1 unspecified atom stereocenters. The van der Waals surface area contributed by atoms with Crippen LogP contribution < -0.4 is 20.5 Å². The first-order valence-corrected chi connectivity index (χ1v) is 11.3. The van der Waals surface area contributed by atoms with Gasteiger partial charge in [-0.3, -0.25) is 4.90 Å². The molecule has 1 atom stereocenters. The molecule has 0 fully saturated rings. The second kappa shape index (κ2) is 8.87. The van der Waals surface area contributed by atoms with Crippen molar-refractivity contribution < 1.29 is 13.2 Å². The lowest BCUT2D eigenvalue weighted by Gasteiger charge is -2.31. The fourth-order valence-corrected chi connectivity index (χ4v) is 4.24. The number of hydrogen-bond acceptors (Lipinski definition) is 9. The third kappa shape index (κ3) is 4.49. The van der Waals surface area contributed by atoms with Crippen LogP contribution in [0.15, 0.2) is 70.8 Å². The molecule has 0 spiro atoms. The third-order valence-corrected chi connectivity index (χ3v) is 5.92. The highest BCUT2D eigenvalue weighted by Crippen LogP contribution is 2.37. The summed E-state index contributed by atoms with van der Waals surface area (Å²) in [6.45, 7) is 0. The van der Waals surface area contributed by atoms with Crippen molar-refractivity contribution in [2.24, 2.45) is 10.1 Å². The first kappa shape index (κ1) is 22.2. The molecule has 0 aliphatic carbocycles. The van der Waals surface area contributed by atoms with Crippen LogP contribution in [0.3, 0.4) is 0 Å². The minimum atomic E-state index is -4.14. The molecule has 0 saturated heterocycles. The number of hydrogen-bond donors (Lipinski definition) is 2. The molecule has 1 aliphatic rings. The average molecular weight is 482 g/mol. The van der Waals surface area contributed by atoms with E-state index in [1.807, 2.05) is 6.07 Å². The van der Waals surface area contributed by atoms with Crippen molar-refractivity contribution >= 4 is 39.6 Å². The molecule has 1 aliphatic heterocycles. The number of anilines is 2. The minimum absolute atomic E-state index is 0.0414. The molecular weight excluding hydrogens is 466 g/mol. The third-order valence-electron chi connectivity index (χ3n) is 4.66. The zero-order chi connectivity index (χ0) is 23.6. The molecule has 10 nitrogen and oxygen atoms in total. The predicted molar refractivity (Wildman–Crippen MR) is 124 cm³/mol. The van der Waals surface area contributed by atoms with E-state index >= 15 is 0 Å². The van der Waals surface area contributed by atoms with E-state index < -0.39 is 16.3 Å². The number of rotatable bonds is 5. The normalized spacial score (nSPS) is 15.3. The summed E-state index contributed by atoms with van der Waals surface area (Å²) in [6, 6.07) is 12.9. The lowest BCUT2D eigenvalue weighted by Crippen LogP contribution is -2.39. The number of sulfonamides is 1. The minimum Gasteiger partial charge on any atom is -0.465 e. The van der Waals surface area contributed by atoms with E-state index in [1.165, 1.54) is 36.9 Å². The van der Waals surface area contributed by atoms with Crippen molar-refractivity contribution in [3.63, 3.8) is 0 Å². The summed E-state index contributed by atoms with van der Waals surface area (Å²) in [7, 11) is -4.14. The second-order valence-electron chi connectivity index (χ2n) is 6.74. The SMILES string of the molecule is N#Cc1c(Cl)cccc1OC1C=CN=CN1c1cccc(S(N)(=O)=O)c1-c1ccnc(N)n1. The number of nitrogen functional groups attached to an aromatic ring is 1. The van der Waals surface area contributed by atoms with Crippen LogP contribution in [0.25, 0.3) is 11.3 Å². The maximum atomic E-state index is 12.4. The molecule has 3 aromatic rings. The lowest BCUT2D eigenvalue weighted by atomic mass is 10.1. The summed E-state index contributed by atoms with van der Waals surface area (Å²) in [6.07, 6.45) is 5.21. The van der Waals surface area contributed by atoms with Crippen molar-refractivity contribution in [2.45, 2.75) is 11.1 Å². The van der Waals surface area contributed by atoms with Crippen LogP contribution in [0.4, 0.5) is 11.6 Å². The number of benzene rings is 2. The highest BCUT2D eigenvalue weighted by Gasteiger charge is 2.28. The number of aliphatic imine (C=N–C) groups is 1. The molecule has 2 heterocycles. The van der Waals surface area contributed by atoms with Gasteiger partial charge in [-0.05, 0) is 36.4 Å². The number of aromatic nitrogens is 2. The van der Waals surface area contributed by atoms with E-state index in [2.05, 4.69) is 15.0 Å². The molecule has 1 aromatic heterocycles. The fraction of sp³-hybridized carbons (Fsp3) is 0.0476. The summed E-state index contributed by atoms with van der Waals surface area (Å²) in [5, 5.41) is 15.2. The van der Waals surface area contributed by atoms with Crippen LogP contribution in [0, 0.1) is 11.3 Å². The number of ether oxygens (including phenoxy) is 1. The van der Waals surface area contributed by atoms with Gasteiger partial charge < -0.3 is 10.5 Å². The Morgan fingerprint density at radius 2 is 1.97 bits per heavy atom. The van der Waals surface area contributed by atoms with E-state index in [9.17, 15) is 13.7 Å². The van der Waals surface area contributed by atoms with Gasteiger partial charge in [-0.25, -0.2) is 28.5 Å². The molecule has 33 heavy (non-hydrogen) atoms. The maximum Gasteiger partial charge on any atom is 0.238 e. The van der Waals surface area contributed by atoms with Crippen LogP contribution in [0.5, 0.6) is 5.75 Å². The van der Waals surface area contributed by atoms with Gasteiger partial charge in [0.05, 0.1) is 27.6 Å². The van der Waals surface area contributed by atoms with Crippen molar-refractivity contribution in [1.82, 2.24) is 9.97 Å². The van der Waals surface area contributed by atoms with Gasteiger partial charge in [-0.2, -0.15) is 5.26 Å². The number of nitriles is 1. The van der Waals surface area contributed by atoms with E-state index in [4.69, 9.17) is 27.2 Å². The van der Waals surface area contributed by atoms with Crippen LogP contribution >= 0.6 is 11.6 Å². The number of nitrogens with zero attached hydrogens (tertiary/aromatic N) is 5. The van der Waals surface area contributed by atoms with E-state index in [-0.39, 0.29) is 38.4 Å². The van der Waals surface area contributed by atoms with Gasteiger partial charge in [0.2, 0.25) is 16.0 Å². The number of primary sulfonamides is 1. The Morgan fingerprint density at radius 3 is 2.70 bits per heavy atom. The molecule has 4 N–H and O–H groups in total. The Kier molecular flexibility index (Phi) is 5.97. The second-order valence-corrected chi connectivity index (χ2v) is 8.68. The summed E-state index contributed by atoms with van der Waals surface area (Å²) in [4.78, 5) is 13.6. The van der Waals surface area contributed by atoms with Crippen LogP contribution in [-0.4, -0.2) is 31.0 Å². The topological polar surface area (TPSA) is 161 Å². The van der Waals surface area contributed by atoms with Gasteiger partial charge in [0.25, 0.3) is 0 Å². The molecule has 0 saturated carbocycles. The average Bonchev–Trinajstić information content (AvgIpc) is 2.78. The maximum absolute atomic E-state index is 12.4. The Labute approximate surface area is 194 Å². The Bertz CT molecular complexity index is 1430. The zero-order valence-corrected chi connectivity index (χ0v) is 18.4. The van der Waals surface area contributed by atoms with Crippen molar-refractivity contribution in [2.75, 3.05) is 10.6 Å². The molecule has 2 aromatic carbocycles. The quantitative estimate of drug-likeness (QED) is 0.562. The zero-order valence-electron chi connectivity index (χ0n) is 16.8. The van der Waals surface area contributed by atoms with Gasteiger partial charge in [0, 0.05) is 18.0 Å². The molecule has 0 amide bonds. The van der Waals surface area contributed by atoms with Crippen molar-refractivity contribution in [3.05, 3.63) is 71.5 Å². The molecule has 0 bridgehead atoms. The predicted octanol–water partition coefficient (Wildman–Crippen LogP) is 2.67. The van der Waals surface area contributed by atoms with Crippen LogP contribution in [0.2, 0.25) is 5.02 Å². The van der Waals surface area contributed by atoms with E-state index in [1.54, 1.807) is 35.2 Å². The summed E-state index contributed by atoms with van der Waals surface area (Å²) >= 11 is 6.12. The molecular formula is C21H16ClN7O3S. The Balaban J connectivity index is 1.87. The fourth-order valence-electron chi connectivity index (χ4n) is 3.27. The van der Waals surface area contributed by atoms with E-state index in [0.717, 1.165) is 0 Å². The molecule has 166 valence electrons. The highest BCUT2D eigenvalue weighted by molar-refractivity contribution is 7.89. The van der Waals surface area contributed by atoms with Crippen molar-refractivity contribution in [1.29, 1.82) is 5.26 Å². The van der Waals surface area contributed by atoms with Crippen molar-refractivity contribution in [3.8, 4) is 23.1 Å². The van der Waals surface area contributed by atoms with Gasteiger partial charge in [-0.15, -0.1) is 0 Å². The van der Waals surface area contributed by atoms with Crippen LogP contribution in [0.1, 0.15) is 5.56 Å². The van der Waals surface area contributed by atoms with Gasteiger partial charge in [0.1, 0.15) is 17.4 Å². The largest absolute Gasteiger partial charge is 0.465 e. The molecule has 0 radical (unpaired) electrons. The van der Waals surface area contributed by atoms with Crippen LogP contribution in [-0.2, 0) is 10.0 Å². The smallest absolute Gasteiger partial charge is 0.238 e. The lowest BCUT2D eigenvalue weighted by molar-refractivity contribution is 0.257. The number of halogens is 1. The first-order chi connectivity index (χ1) is 15.8. The number of nitrogens with two attached hydrogens (primary N) is 2. The summed E-state index contributed by atoms with van der Waals surface area (Å²) < 4.78 is 30.9. The highest BCUT2D eigenvalue weighted by atomic mass is 35.5. The Hall–Kier alpha value is -3.98. The monoisotopic (exact) mass is 481 g/mol. The van der Waals surface area contributed by atoms with Gasteiger partial charge in [0.15, 0.2) is 6.23 Å². The van der Waals surface area contributed by atoms with Gasteiger partial charge >= 0.3 is 0 Å². The van der Waals surface area contributed by atoms with E-state index in [0.29, 0.717) is 5.69 Å². The summed E-state index contributed by atoms with van der Waals surface area (Å²) in [5.41, 5.74) is 6.71. The first-order valence-electron chi connectivity index (χ1n) is 9.38. The summed E-state index contributed by atoms with van der Waals surface area (Å²) in [5.74, 6) is 0.204. The van der Waals surface area contributed by atoms with Gasteiger partial charge in [-0.1, -0.05) is 23.7 Å². The Morgan fingerprint density at radius 1 is 1.18 bits per heavy atom. The molecule has 4 rings (SSSR count). The molecule has 12 heteroatoms. The standard InChI is InChI=1S/C21H16ClN7O3S/c22-14-3-1-5-17(13(14)11-23)32-19-8-9-26-12-29(19)16-4-2-6-18(33(25,30)31)20(16)15-7-10-27-21(24)28-15/h1-10,12,19H,(H2,24,27,28)(H2,25,30,31).